The molecule has 1 aliphatic heterocycles. The van der Waals surface area contributed by atoms with E-state index in [1.54, 1.807) is 12.1 Å². The highest BCUT2D eigenvalue weighted by molar-refractivity contribution is 7.89. The number of piperidine rings is 1. The Bertz CT molecular complexity index is 650. The number of aliphatic hydroxyl groups excluding tert-OH is 1. The first kappa shape index (κ1) is 17.7. The van der Waals surface area contributed by atoms with Gasteiger partial charge in [0.05, 0.1) is 11.0 Å². The van der Waals surface area contributed by atoms with Gasteiger partial charge in [0.1, 0.15) is 6.54 Å². The number of nitrogens with zero attached hydrogens (tertiary/aromatic N) is 3. The van der Waals surface area contributed by atoms with Crippen molar-refractivity contribution in [3.8, 4) is 6.07 Å². The van der Waals surface area contributed by atoms with Gasteiger partial charge in [0.15, 0.2) is 0 Å². The van der Waals surface area contributed by atoms with E-state index in [0.717, 1.165) is 42.3 Å². The molecule has 0 radical (unpaired) electrons. The van der Waals surface area contributed by atoms with Crippen molar-refractivity contribution in [2.24, 2.45) is 5.92 Å². The summed E-state index contributed by atoms with van der Waals surface area (Å²) < 4.78 is 25.6. The fraction of sp³-hybridized carbons (Fsp3) is 0.562. The average molecular weight is 337 g/mol. The topological polar surface area (TPSA) is 84.6 Å². The first-order valence-electron chi connectivity index (χ1n) is 7.78. The Labute approximate surface area is 138 Å². The first-order chi connectivity index (χ1) is 11.0. The molecule has 1 aromatic carbocycles. The number of rotatable bonds is 6. The average Bonchev–Trinajstić information content (AvgIpc) is 2.56. The van der Waals surface area contributed by atoms with E-state index in [4.69, 9.17) is 10.4 Å². The Morgan fingerprint density at radius 3 is 2.70 bits per heavy atom. The number of benzene rings is 1. The zero-order valence-electron chi connectivity index (χ0n) is 13.4. The molecular formula is C16H23N3O3S. The summed E-state index contributed by atoms with van der Waals surface area (Å²) in [6.07, 6.45) is 3.01. The maximum absolute atomic E-state index is 12.3. The molecule has 7 heteroatoms. The van der Waals surface area contributed by atoms with E-state index < -0.39 is 10.0 Å². The molecule has 1 aromatic rings. The number of hydrogen-bond acceptors (Lipinski definition) is 5. The van der Waals surface area contributed by atoms with Crippen LogP contribution in [-0.2, 0) is 10.0 Å². The summed E-state index contributed by atoms with van der Waals surface area (Å²) in [5.74, 6) is 0.485. The van der Waals surface area contributed by atoms with Gasteiger partial charge in [-0.2, -0.15) is 9.57 Å². The largest absolute Gasteiger partial charge is 0.396 e. The van der Waals surface area contributed by atoms with Crippen molar-refractivity contribution in [2.75, 3.05) is 38.2 Å². The van der Waals surface area contributed by atoms with Gasteiger partial charge in [-0.15, -0.1) is 0 Å². The molecule has 1 saturated heterocycles. The monoisotopic (exact) mass is 337 g/mol. The molecule has 0 aromatic heterocycles. The molecule has 1 fully saturated rings. The number of sulfonamides is 1. The minimum absolute atomic E-state index is 0.168. The molecule has 126 valence electrons. The van der Waals surface area contributed by atoms with Crippen LogP contribution < -0.4 is 4.90 Å². The molecule has 1 heterocycles. The number of anilines is 1. The second-order valence-electron chi connectivity index (χ2n) is 5.88. The highest BCUT2D eigenvalue weighted by Crippen LogP contribution is 2.26. The van der Waals surface area contributed by atoms with Gasteiger partial charge in [-0.25, -0.2) is 8.42 Å². The number of aliphatic hydroxyl groups is 1. The van der Waals surface area contributed by atoms with Gasteiger partial charge in [-0.3, -0.25) is 0 Å². The Morgan fingerprint density at radius 1 is 1.39 bits per heavy atom. The van der Waals surface area contributed by atoms with E-state index in [1.165, 1.54) is 7.05 Å². The Hall–Kier alpha value is -1.62. The van der Waals surface area contributed by atoms with Crippen LogP contribution in [0.4, 0.5) is 5.69 Å². The second kappa shape index (κ2) is 7.77. The summed E-state index contributed by atoms with van der Waals surface area (Å²) in [4.78, 5) is 2.43. The third-order valence-corrected chi connectivity index (χ3v) is 6.08. The summed E-state index contributed by atoms with van der Waals surface area (Å²) >= 11 is 0. The fourth-order valence-corrected chi connectivity index (χ4v) is 3.98. The van der Waals surface area contributed by atoms with Crippen molar-refractivity contribution in [2.45, 2.75) is 24.2 Å². The van der Waals surface area contributed by atoms with Gasteiger partial charge in [0, 0.05) is 32.4 Å². The molecule has 1 unspecified atom stereocenters. The van der Waals surface area contributed by atoms with Crippen LogP contribution in [0.25, 0.3) is 0 Å². The highest BCUT2D eigenvalue weighted by atomic mass is 32.2. The maximum atomic E-state index is 12.3. The van der Waals surface area contributed by atoms with Crippen LogP contribution in [0.15, 0.2) is 29.2 Å². The normalized spacial score (nSPS) is 18.9. The van der Waals surface area contributed by atoms with Crippen LogP contribution in [0.5, 0.6) is 0 Å². The summed E-state index contributed by atoms with van der Waals surface area (Å²) in [6.45, 7) is 1.88. The third-order valence-electron chi connectivity index (χ3n) is 4.26. The lowest BCUT2D eigenvalue weighted by molar-refractivity contribution is 0.244. The van der Waals surface area contributed by atoms with Crippen LogP contribution in [0.3, 0.4) is 0 Å². The molecule has 1 N–H and O–H groups in total. The minimum Gasteiger partial charge on any atom is -0.396 e. The quantitative estimate of drug-likeness (QED) is 0.794. The Morgan fingerprint density at radius 2 is 2.09 bits per heavy atom. The number of nitriles is 1. The van der Waals surface area contributed by atoms with Crippen LogP contribution in [0.1, 0.15) is 19.3 Å². The SMILES string of the molecule is CN(CC#N)S(=O)(=O)c1ccc(N2CCCC(CCO)C2)cc1. The van der Waals surface area contributed by atoms with Crippen LogP contribution in [0, 0.1) is 17.2 Å². The standard InChI is InChI=1S/C16H23N3O3S/c1-18(11-9-17)23(21,22)16-6-4-15(5-7-16)19-10-2-3-14(13-19)8-12-20/h4-7,14,20H,2-3,8,10-13H2,1H3. The predicted octanol–water partition coefficient (Wildman–Crippen LogP) is 1.43. The summed E-state index contributed by atoms with van der Waals surface area (Å²) in [7, 11) is -2.21. The van der Waals surface area contributed by atoms with E-state index in [9.17, 15) is 8.42 Å². The molecule has 0 saturated carbocycles. The Balaban J connectivity index is 2.12. The van der Waals surface area contributed by atoms with Gasteiger partial charge in [0.25, 0.3) is 0 Å². The molecule has 2 rings (SSSR count). The van der Waals surface area contributed by atoms with Crippen molar-refractivity contribution >= 4 is 15.7 Å². The van der Waals surface area contributed by atoms with E-state index in [2.05, 4.69) is 4.90 Å². The van der Waals surface area contributed by atoms with E-state index in [0.29, 0.717) is 5.92 Å². The molecule has 23 heavy (non-hydrogen) atoms. The molecule has 1 atom stereocenters. The minimum atomic E-state index is -3.61. The highest BCUT2D eigenvalue weighted by Gasteiger charge is 2.22. The molecular weight excluding hydrogens is 314 g/mol. The number of hydrogen-bond donors (Lipinski definition) is 1. The smallest absolute Gasteiger partial charge is 0.243 e. The van der Waals surface area contributed by atoms with E-state index in [-0.39, 0.29) is 18.0 Å². The molecule has 0 aliphatic carbocycles. The predicted molar refractivity (Wildman–Crippen MR) is 88.5 cm³/mol. The lowest BCUT2D eigenvalue weighted by atomic mass is 9.95. The van der Waals surface area contributed by atoms with Crippen molar-refractivity contribution < 1.29 is 13.5 Å². The van der Waals surface area contributed by atoms with Crippen LogP contribution in [-0.4, -0.2) is 51.1 Å². The van der Waals surface area contributed by atoms with Gasteiger partial charge in [-0.1, -0.05) is 0 Å². The summed E-state index contributed by atoms with van der Waals surface area (Å²) in [5.41, 5.74) is 0.995. The van der Waals surface area contributed by atoms with Crippen LogP contribution >= 0.6 is 0 Å². The lowest BCUT2D eigenvalue weighted by Gasteiger charge is -2.34. The van der Waals surface area contributed by atoms with Crippen LogP contribution in [0.2, 0.25) is 0 Å². The van der Waals surface area contributed by atoms with Crippen molar-refractivity contribution in [3.63, 3.8) is 0 Å². The van der Waals surface area contributed by atoms with E-state index >= 15 is 0 Å². The van der Waals surface area contributed by atoms with Gasteiger partial charge in [-0.05, 0) is 49.4 Å². The Kier molecular flexibility index (Phi) is 5.99. The van der Waals surface area contributed by atoms with E-state index in [1.807, 2.05) is 18.2 Å². The fourth-order valence-electron chi connectivity index (χ4n) is 2.91. The molecule has 0 amide bonds. The van der Waals surface area contributed by atoms with Gasteiger partial charge >= 0.3 is 0 Å². The van der Waals surface area contributed by atoms with Crippen molar-refractivity contribution in [1.82, 2.24) is 4.31 Å². The first-order valence-corrected chi connectivity index (χ1v) is 9.22. The second-order valence-corrected chi connectivity index (χ2v) is 7.92. The molecule has 1 aliphatic rings. The van der Waals surface area contributed by atoms with Gasteiger partial charge < -0.3 is 10.0 Å². The zero-order chi connectivity index (χ0) is 16.9. The zero-order valence-corrected chi connectivity index (χ0v) is 14.2. The lowest BCUT2D eigenvalue weighted by Crippen LogP contribution is -2.35. The van der Waals surface area contributed by atoms with Crippen molar-refractivity contribution in [3.05, 3.63) is 24.3 Å². The van der Waals surface area contributed by atoms with Gasteiger partial charge in [0.2, 0.25) is 10.0 Å². The maximum Gasteiger partial charge on any atom is 0.243 e. The molecule has 0 bridgehead atoms. The van der Waals surface area contributed by atoms with Crippen molar-refractivity contribution in [1.29, 1.82) is 5.26 Å². The molecule has 6 nitrogen and oxygen atoms in total. The summed E-state index contributed by atoms with van der Waals surface area (Å²) in [6, 6.07) is 8.65. The molecule has 0 spiro atoms. The summed E-state index contributed by atoms with van der Waals surface area (Å²) in [5, 5.41) is 17.7. The third kappa shape index (κ3) is 4.22.